The molecule has 0 radical (unpaired) electrons. The molecule has 0 unspecified atom stereocenters. The van der Waals surface area contributed by atoms with Gasteiger partial charge in [0.05, 0.1) is 17.7 Å². The van der Waals surface area contributed by atoms with E-state index in [1.54, 1.807) is 0 Å². The largest absolute Gasteiger partial charge is 0.512 e. The van der Waals surface area contributed by atoms with Gasteiger partial charge < -0.3 is 19.1 Å². The molecule has 0 spiro atoms. The van der Waals surface area contributed by atoms with Gasteiger partial charge in [0.1, 0.15) is 5.75 Å². The number of nitrogens with zero attached hydrogens (tertiary/aromatic N) is 1. The maximum absolute atomic E-state index is 11.6. The quantitative estimate of drug-likeness (QED) is 0.208. The molecule has 5 aromatic rings. The van der Waals surface area contributed by atoms with Crippen molar-refractivity contribution < 1.29 is 19.4 Å². The highest BCUT2D eigenvalue weighted by molar-refractivity contribution is 6.01. The summed E-state index contributed by atoms with van der Waals surface area (Å²) in [5.41, 5.74) is 3.75. The van der Waals surface area contributed by atoms with Crippen molar-refractivity contribution in [3.05, 3.63) is 96.6 Å². The van der Waals surface area contributed by atoms with Crippen molar-refractivity contribution in [3.8, 4) is 22.8 Å². The van der Waals surface area contributed by atoms with E-state index in [4.69, 9.17) is 9.47 Å². The van der Waals surface area contributed by atoms with Crippen LogP contribution in [0.25, 0.3) is 32.8 Å². The molecule has 1 aromatic heterocycles. The molecule has 4 aromatic carbocycles. The summed E-state index contributed by atoms with van der Waals surface area (Å²) in [6, 6.07) is 30.1. The zero-order chi connectivity index (χ0) is 23.5. The van der Waals surface area contributed by atoms with Crippen LogP contribution in [-0.4, -0.2) is 22.4 Å². The molecule has 1 heterocycles. The lowest BCUT2D eigenvalue weighted by Gasteiger charge is -2.12. The van der Waals surface area contributed by atoms with Crippen LogP contribution in [-0.2, 0) is 6.54 Å². The number of aromatic nitrogens is 1. The normalized spacial score (nSPS) is 11.1. The van der Waals surface area contributed by atoms with E-state index >= 15 is 0 Å². The van der Waals surface area contributed by atoms with Gasteiger partial charge >= 0.3 is 6.16 Å². The van der Waals surface area contributed by atoms with Gasteiger partial charge in [-0.3, -0.25) is 0 Å². The Morgan fingerprint density at radius 2 is 1.62 bits per heavy atom. The minimum absolute atomic E-state index is 0.341. The Hall–Kier alpha value is -4.25. The molecule has 0 fully saturated rings. The van der Waals surface area contributed by atoms with Crippen molar-refractivity contribution in [1.29, 1.82) is 0 Å². The van der Waals surface area contributed by atoms with Crippen LogP contribution in [0.5, 0.6) is 11.6 Å². The second kappa shape index (κ2) is 9.32. The monoisotopic (exact) mass is 451 g/mol. The Labute approximate surface area is 197 Å². The number of hydrogen-bond donors (Lipinski definition) is 1. The molecule has 0 atom stereocenters. The van der Waals surface area contributed by atoms with E-state index in [1.165, 1.54) is 5.39 Å². The van der Waals surface area contributed by atoms with E-state index in [2.05, 4.69) is 18.2 Å². The van der Waals surface area contributed by atoms with Crippen LogP contribution >= 0.6 is 0 Å². The van der Waals surface area contributed by atoms with E-state index in [1.807, 2.05) is 84.3 Å². The number of ether oxygens (including phenoxy) is 2. The lowest BCUT2D eigenvalue weighted by atomic mass is 10.00. The summed E-state index contributed by atoms with van der Waals surface area (Å²) in [5, 5.41) is 12.8. The highest BCUT2D eigenvalue weighted by Crippen LogP contribution is 2.41. The summed E-state index contributed by atoms with van der Waals surface area (Å²) < 4.78 is 13.3. The number of rotatable bonds is 7. The van der Waals surface area contributed by atoms with Crippen molar-refractivity contribution >= 4 is 27.8 Å². The molecule has 0 amide bonds. The van der Waals surface area contributed by atoms with Gasteiger partial charge in [0, 0.05) is 11.9 Å². The van der Waals surface area contributed by atoms with Crippen molar-refractivity contribution in [1.82, 2.24) is 4.57 Å². The van der Waals surface area contributed by atoms with E-state index in [-0.39, 0.29) is 0 Å². The molecule has 1 N–H and O–H groups in total. The first-order valence-electron chi connectivity index (χ1n) is 11.3. The lowest BCUT2D eigenvalue weighted by Crippen LogP contribution is -2.11. The number of hydrogen-bond acceptors (Lipinski definition) is 3. The first-order valence-corrected chi connectivity index (χ1v) is 11.3. The van der Waals surface area contributed by atoms with Crippen LogP contribution < -0.4 is 9.47 Å². The SMILES string of the molecule is Cc1ccccc1-c1c(OC(=O)O)n(CCCOc2ccc3ccccc3c2)c2ccccc12. The molecular weight excluding hydrogens is 426 g/mol. The summed E-state index contributed by atoms with van der Waals surface area (Å²) in [6.45, 7) is 3.07. The van der Waals surface area contributed by atoms with Gasteiger partial charge in [-0.1, -0.05) is 72.8 Å². The highest BCUT2D eigenvalue weighted by Gasteiger charge is 2.22. The number of fused-ring (bicyclic) bond motifs is 2. The number of carbonyl (C=O) groups is 1. The van der Waals surface area contributed by atoms with Gasteiger partial charge in [0.25, 0.3) is 0 Å². The van der Waals surface area contributed by atoms with Crippen LogP contribution in [0, 0.1) is 6.92 Å². The number of para-hydroxylation sites is 1. The van der Waals surface area contributed by atoms with Gasteiger partial charge in [0.2, 0.25) is 5.88 Å². The number of benzene rings is 4. The molecule has 5 nitrogen and oxygen atoms in total. The Morgan fingerprint density at radius 1 is 0.882 bits per heavy atom. The van der Waals surface area contributed by atoms with Crippen molar-refractivity contribution in [2.45, 2.75) is 19.9 Å². The molecule has 0 aliphatic heterocycles. The fraction of sp³-hybridized carbons (Fsp3) is 0.138. The molecule has 5 heteroatoms. The van der Waals surface area contributed by atoms with Crippen LogP contribution in [0.15, 0.2) is 91.0 Å². The average molecular weight is 452 g/mol. The highest BCUT2D eigenvalue weighted by atomic mass is 16.7. The smallest absolute Gasteiger partial charge is 0.494 e. The van der Waals surface area contributed by atoms with Crippen LogP contribution in [0.3, 0.4) is 0 Å². The van der Waals surface area contributed by atoms with E-state index in [9.17, 15) is 9.90 Å². The molecule has 0 bridgehead atoms. The second-order valence-electron chi connectivity index (χ2n) is 8.24. The summed E-state index contributed by atoms with van der Waals surface area (Å²) in [4.78, 5) is 11.6. The average Bonchev–Trinajstić information content (AvgIpc) is 3.14. The first kappa shape index (κ1) is 21.6. The first-order chi connectivity index (χ1) is 16.6. The van der Waals surface area contributed by atoms with Crippen molar-refractivity contribution in [2.24, 2.45) is 0 Å². The topological polar surface area (TPSA) is 60.7 Å². The van der Waals surface area contributed by atoms with E-state index < -0.39 is 6.16 Å². The van der Waals surface area contributed by atoms with Gasteiger partial charge in [0.15, 0.2) is 0 Å². The predicted molar refractivity (Wildman–Crippen MR) is 135 cm³/mol. The zero-order valence-electron chi connectivity index (χ0n) is 18.9. The summed E-state index contributed by atoms with van der Waals surface area (Å²) in [6.07, 6.45) is -0.638. The summed E-state index contributed by atoms with van der Waals surface area (Å²) in [7, 11) is 0. The Morgan fingerprint density at radius 3 is 2.44 bits per heavy atom. The zero-order valence-corrected chi connectivity index (χ0v) is 18.9. The summed E-state index contributed by atoms with van der Waals surface area (Å²) >= 11 is 0. The van der Waals surface area contributed by atoms with Gasteiger partial charge in [-0.15, -0.1) is 0 Å². The standard InChI is InChI=1S/C29H25NO4/c1-20-9-2-5-12-24(20)27-25-13-6-7-14-26(25)30(28(27)34-29(31)32)17-8-18-33-23-16-15-21-10-3-4-11-22(21)19-23/h2-7,9-16,19H,8,17-18H2,1H3,(H,31,32). The van der Waals surface area contributed by atoms with Crippen LogP contribution in [0.4, 0.5) is 4.79 Å². The second-order valence-corrected chi connectivity index (χ2v) is 8.24. The lowest BCUT2D eigenvalue weighted by molar-refractivity contribution is 0.141. The van der Waals surface area contributed by atoms with Gasteiger partial charge in [-0.2, -0.15) is 0 Å². The van der Waals surface area contributed by atoms with Gasteiger partial charge in [-0.25, -0.2) is 4.79 Å². The van der Waals surface area contributed by atoms with E-state index in [0.717, 1.165) is 38.7 Å². The Bertz CT molecular complexity index is 1480. The molecule has 5 rings (SSSR count). The van der Waals surface area contributed by atoms with E-state index in [0.29, 0.717) is 25.5 Å². The molecule has 0 aliphatic carbocycles. The van der Waals surface area contributed by atoms with Crippen molar-refractivity contribution in [3.63, 3.8) is 0 Å². The third kappa shape index (κ3) is 4.20. The Balaban J connectivity index is 1.44. The molecule has 170 valence electrons. The van der Waals surface area contributed by atoms with Crippen LogP contribution in [0.1, 0.15) is 12.0 Å². The molecule has 0 aliphatic rings. The maximum atomic E-state index is 11.6. The molecule has 0 saturated heterocycles. The molecule has 34 heavy (non-hydrogen) atoms. The summed E-state index contributed by atoms with van der Waals surface area (Å²) in [5.74, 6) is 1.16. The third-order valence-corrected chi connectivity index (χ3v) is 6.04. The number of aryl methyl sites for hydroxylation is 2. The molecular formula is C29H25NO4. The third-order valence-electron chi connectivity index (χ3n) is 6.04. The van der Waals surface area contributed by atoms with Gasteiger partial charge in [-0.05, 0) is 53.4 Å². The fourth-order valence-corrected chi connectivity index (χ4v) is 4.47. The van der Waals surface area contributed by atoms with Crippen LogP contribution in [0.2, 0.25) is 0 Å². The molecule has 0 saturated carbocycles. The fourth-order valence-electron chi connectivity index (χ4n) is 4.47. The maximum Gasteiger partial charge on any atom is 0.512 e. The predicted octanol–water partition coefficient (Wildman–Crippen LogP) is 7.30. The minimum atomic E-state index is -1.33. The minimum Gasteiger partial charge on any atom is -0.494 e. The van der Waals surface area contributed by atoms with Crippen molar-refractivity contribution in [2.75, 3.05) is 6.61 Å². The number of carboxylic acid groups (broad SMARTS) is 1. The Kier molecular flexibility index (Phi) is 5.91.